The van der Waals surface area contributed by atoms with E-state index in [1.807, 2.05) is 36.4 Å². The molecule has 0 saturated carbocycles. The number of nitrogens with zero attached hydrogens (tertiary/aromatic N) is 2. The molecule has 0 aliphatic rings. The van der Waals surface area contributed by atoms with Crippen molar-refractivity contribution in [3.8, 4) is 6.07 Å². The van der Waals surface area contributed by atoms with E-state index < -0.39 is 0 Å². The van der Waals surface area contributed by atoms with Gasteiger partial charge < -0.3 is 0 Å². The molecule has 1 heterocycles. The summed E-state index contributed by atoms with van der Waals surface area (Å²) in [6.45, 7) is 0. The lowest BCUT2D eigenvalue weighted by atomic mass is 10.0. The van der Waals surface area contributed by atoms with Crippen LogP contribution in [0.4, 0.5) is 0 Å². The van der Waals surface area contributed by atoms with Crippen molar-refractivity contribution in [2.45, 2.75) is 12.8 Å². The summed E-state index contributed by atoms with van der Waals surface area (Å²) in [6.07, 6.45) is 3.35. The van der Waals surface area contributed by atoms with Gasteiger partial charge in [-0.25, -0.2) is 4.98 Å². The lowest BCUT2D eigenvalue weighted by Gasteiger charge is -2.03. The zero-order valence-corrected chi connectivity index (χ0v) is 9.98. The Morgan fingerprint density at radius 2 is 1.88 bits per heavy atom. The molecule has 0 unspecified atom stereocenters. The van der Waals surface area contributed by atoms with Gasteiger partial charge in [0.25, 0.3) is 0 Å². The van der Waals surface area contributed by atoms with Gasteiger partial charge in [0.1, 0.15) is 11.8 Å². The summed E-state index contributed by atoms with van der Waals surface area (Å²) >= 11 is 5.82. The van der Waals surface area contributed by atoms with Crippen LogP contribution in [0.1, 0.15) is 16.8 Å². The molecule has 3 heteroatoms. The molecule has 0 atom stereocenters. The molecule has 0 bridgehead atoms. The summed E-state index contributed by atoms with van der Waals surface area (Å²) in [5, 5.41) is 9.67. The lowest BCUT2D eigenvalue weighted by molar-refractivity contribution is 0.942. The average molecular weight is 243 g/mol. The number of hydrogen-bond acceptors (Lipinski definition) is 2. The maximum absolute atomic E-state index is 8.92. The second-order valence-corrected chi connectivity index (χ2v) is 4.19. The fraction of sp³-hybridized carbons (Fsp3) is 0.143. The molecule has 0 aliphatic carbocycles. The maximum Gasteiger partial charge on any atom is 0.143 e. The van der Waals surface area contributed by atoms with Crippen LogP contribution in [0.3, 0.4) is 0 Å². The van der Waals surface area contributed by atoms with E-state index in [2.05, 4.69) is 11.1 Å². The van der Waals surface area contributed by atoms with E-state index >= 15 is 0 Å². The minimum absolute atomic E-state index is 0.515. The largest absolute Gasteiger partial charge is 0.245 e. The summed E-state index contributed by atoms with van der Waals surface area (Å²) in [5.74, 6) is 0. The van der Waals surface area contributed by atoms with Crippen LogP contribution in [-0.4, -0.2) is 4.98 Å². The van der Waals surface area contributed by atoms with Crippen LogP contribution < -0.4 is 0 Å². The third-order valence-corrected chi connectivity index (χ3v) is 2.85. The van der Waals surface area contributed by atoms with Crippen LogP contribution in [0.5, 0.6) is 0 Å². The molecular formula is C14H11ClN2. The van der Waals surface area contributed by atoms with Gasteiger partial charge in [-0.3, -0.25) is 0 Å². The lowest BCUT2D eigenvalue weighted by Crippen LogP contribution is -1.96. The molecule has 0 N–H and O–H groups in total. The molecule has 0 fully saturated rings. The number of aryl methyl sites for hydroxylation is 2. The van der Waals surface area contributed by atoms with Crippen LogP contribution >= 0.6 is 11.6 Å². The van der Waals surface area contributed by atoms with Gasteiger partial charge in [0, 0.05) is 11.2 Å². The Kier molecular flexibility index (Phi) is 3.74. The summed E-state index contributed by atoms with van der Waals surface area (Å²) in [7, 11) is 0. The predicted molar refractivity (Wildman–Crippen MR) is 67.8 cm³/mol. The van der Waals surface area contributed by atoms with E-state index in [-0.39, 0.29) is 0 Å². The van der Waals surface area contributed by atoms with Gasteiger partial charge >= 0.3 is 0 Å². The van der Waals surface area contributed by atoms with Gasteiger partial charge in [0.15, 0.2) is 0 Å². The average Bonchev–Trinajstić information content (AvgIpc) is 2.38. The van der Waals surface area contributed by atoms with Gasteiger partial charge in [-0.1, -0.05) is 29.8 Å². The Bertz CT molecular complexity index is 541. The molecule has 17 heavy (non-hydrogen) atoms. The number of benzene rings is 1. The first-order valence-electron chi connectivity index (χ1n) is 5.38. The van der Waals surface area contributed by atoms with Crippen LogP contribution in [0.2, 0.25) is 5.02 Å². The number of aromatic nitrogens is 1. The normalized spacial score (nSPS) is 9.88. The SMILES string of the molecule is N#Cc1ncccc1CCc1ccc(Cl)cc1. The summed E-state index contributed by atoms with van der Waals surface area (Å²) in [4.78, 5) is 4.04. The van der Waals surface area contributed by atoms with Gasteiger partial charge in [0.2, 0.25) is 0 Å². The molecule has 2 rings (SSSR count). The van der Waals surface area contributed by atoms with Gasteiger partial charge in [-0.2, -0.15) is 5.26 Å². The standard InChI is InChI=1S/C14H11ClN2/c15-13-7-4-11(5-8-13)3-6-12-2-1-9-17-14(12)10-16/h1-2,4-5,7-9H,3,6H2. The van der Waals surface area contributed by atoms with Crippen molar-refractivity contribution in [3.63, 3.8) is 0 Å². The van der Waals surface area contributed by atoms with Gasteiger partial charge in [-0.15, -0.1) is 0 Å². The number of halogens is 1. The van der Waals surface area contributed by atoms with Crippen LogP contribution in [0, 0.1) is 11.3 Å². The smallest absolute Gasteiger partial charge is 0.143 e. The molecular weight excluding hydrogens is 232 g/mol. The van der Waals surface area contributed by atoms with Crippen LogP contribution in [-0.2, 0) is 12.8 Å². The Morgan fingerprint density at radius 3 is 2.59 bits per heavy atom. The van der Waals surface area contributed by atoms with E-state index in [0.717, 1.165) is 23.4 Å². The molecule has 0 radical (unpaired) electrons. The second kappa shape index (κ2) is 5.47. The van der Waals surface area contributed by atoms with Crippen molar-refractivity contribution in [1.29, 1.82) is 5.26 Å². The molecule has 1 aromatic heterocycles. The van der Waals surface area contributed by atoms with E-state index in [9.17, 15) is 0 Å². The van der Waals surface area contributed by atoms with Crippen molar-refractivity contribution in [3.05, 3.63) is 64.4 Å². The minimum atomic E-state index is 0.515. The molecule has 0 aliphatic heterocycles. The quantitative estimate of drug-likeness (QED) is 0.827. The fourth-order valence-corrected chi connectivity index (χ4v) is 1.80. The highest BCUT2D eigenvalue weighted by molar-refractivity contribution is 6.30. The van der Waals surface area contributed by atoms with Crippen molar-refractivity contribution in [1.82, 2.24) is 4.98 Å². The number of rotatable bonds is 3. The highest BCUT2D eigenvalue weighted by Crippen LogP contribution is 2.13. The molecule has 0 spiro atoms. The fourth-order valence-electron chi connectivity index (χ4n) is 1.67. The third-order valence-electron chi connectivity index (χ3n) is 2.59. The van der Waals surface area contributed by atoms with Crippen molar-refractivity contribution in [2.24, 2.45) is 0 Å². The first-order chi connectivity index (χ1) is 8.29. The monoisotopic (exact) mass is 242 g/mol. The number of nitriles is 1. The molecule has 2 aromatic rings. The molecule has 84 valence electrons. The minimum Gasteiger partial charge on any atom is -0.245 e. The highest BCUT2D eigenvalue weighted by Gasteiger charge is 2.02. The van der Waals surface area contributed by atoms with Crippen LogP contribution in [0.15, 0.2) is 42.6 Å². The zero-order valence-electron chi connectivity index (χ0n) is 9.23. The van der Waals surface area contributed by atoms with Gasteiger partial charge in [0.05, 0.1) is 0 Å². The summed E-state index contributed by atoms with van der Waals surface area (Å²) in [6, 6.07) is 13.7. The number of hydrogen-bond donors (Lipinski definition) is 0. The molecule has 0 saturated heterocycles. The molecule has 1 aromatic carbocycles. The highest BCUT2D eigenvalue weighted by atomic mass is 35.5. The predicted octanol–water partition coefficient (Wildman–Crippen LogP) is 3.39. The van der Waals surface area contributed by atoms with E-state index in [1.165, 1.54) is 5.56 Å². The second-order valence-electron chi connectivity index (χ2n) is 3.75. The topological polar surface area (TPSA) is 36.7 Å². The van der Waals surface area contributed by atoms with Crippen molar-refractivity contribution in [2.75, 3.05) is 0 Å². The van der Waals surface area contributed by atoms with E-state index in [0.29, 0.717) is 5.69 Å². The van der Waals surface area contributed by atoms with E-state index in [1.54, 1.807) is 6.20 Å². The number of pyridine rings is 1. The van der Waals surface area contributed by atoms with Gasteiger partial charge in [-0.05, 0) is 42.2 Å². The van der Waals surface area contributed by atoms with E-state index in [4.69, 9.17) is 16.9 Å². The maximum atomic E-state index is 8.92. The Balaban J connectivity index is 2.08. The summed E-state index contributed by atoms with van der Waals surface area (Å²) in [5.41, 5.74) is 2.72. The van der Waals surface area contributed by atoms with Crippen molar-refractivity contribution >= 4 is 11.6 Å². The summed E-state index contributed by atoms with van der Waals surface area (Å²) < 4.78 is 0. The molecule has 0 amide bonds. The first kappa shape index (κ1) is 11.6. The van der Waals surface area contributed by atoms with Crippen LogP contribution in [0.25, 0.3) is 0 Å². The zero-order chi connectivity index (χ0) is 12.1. The first-order valence-corrected chi connectivity index (χ1v) is 5.76. The Labute approximate surface area is 105 Å². The Hall–Kier alpha value is -1.85. The van der Waals surface area contributed by atoms with Crippen molar-refractivity contribution < 1.29 is 0 Å². The third kappa shape index (κ3) is 3.05. The molecule has 2 nitrogen and oxygen atoms in total. The Morgan fingerprint density at radius 1 is 1.12 bits per heavy atom.